The molecule has 1 aliphatic heterocycles. The van der Waals surface area contributed by atoms with E-state index < -0.39 is 0 Å². The smallest absolute Gasteiger partial charge is 0.0814 e. The molecule has 94 valence electrons. The van der Waals surface area contributed by atoms with Crippen LogP contribution in [0.4, 0.5) is 0 Å². The Hall–Kier alpha value is -0.860. The van der Waals surface area contributed by atoms with Crippen molar-refractivity contribution in [2.45, 2.75) is 51.2 Å². The zero-order chi connectivity index (χ0) is 12.3. The van der Waals surface area contributed by atoms with E-state index in [1.165, 1.54) is 5.56 Å². The van der Waals surface area contributed by atoms with E-state index in [-0.39, 0.29) is 12.2 Å². The van der Waals surface area contributed by atoms with Gasteiger partial charge in [-0.3, -0.25) is 0 Å². The van der Waals surface area contributed by atoms with Gasteiger partial charge in [0.2, 0.25) is 0 Å². The van der Waals surface area contributed by atoms with Gasteiger partial charge in [-0.05, 0) is 29.9 Å². The number of rotatable bonds is 4. The quantitative estimate of drug-likeness (QED) is 0.865. The number of hydrogen-bond acceptors (Lipinski definition) is 2. The highest BCUT2D eigenvalue weighted by Gasteiger charge is 2.20. The highest BCUT2D eigenvalue weighted by molar-refractivity contribution is 5.26. The van der Waals surface area contributed by atoms with Crippen LogP contribution in [0.25, 0.3) is 0 Å². The Morgan fingerprint density at radius 1 is 1.24 bits per heavy atom. The van der Waals surface area contributed by atoms with Crippen LogP contribution in [0, 0.1) is 0 Å². The van der Waals surface area contributed by atoms with E-state index in [2.05, 4.69) is 26.0 Å². The highest BCUT2D eigenvalue weighted by Crippen LogP contribution is 2.26. The van der Waals surface area contributed by atoms with E-state index in [4.69, 9.17) is 4.74 Å². The molecule has 1 aromatic rings. The standard InChI is InChI=1S/C15H22O2/c1-11(2)12-5-7-13(8-6-12)15(16)10-14-4-3-9-17-14/h5-8,11,14-16H,3-4,9-10H2,1-2H3. The predicted octanol–water partition coefficient (Wildman–Crippen LogP) is 3.41. The lowest BCUT2D eigenvalue weighted by molar-refractivity contribution is 0.0535. The number of aliphatic hydroxyl groups is 1. The molecule has 0 amide bonds. The predicted molar refractivity (Wildman–Crippen MR) is 69.1 cm³/mol. The molecular formula is C15H22O2. The molecule has 0 radical (unpaired) electrons. The highest BCUT2D eigenvalue weighted by atomic mass is 16.5. The van der Waals surface area contributed by atoms with Gasteiger partial charge in [0.25, 0.3) is 0 Å². The summed E-state index contributed by atoms with van der Waals surface area (Å²) in [4.78, 5) is 0. The van der Waals surface area contributed by atoms with Crippen molar-refractivity contribution in [1.29, 1.82) is 0 Å². The van der Waals surface area contributed by atoms with Crippen molar-refractivity contribution in [3.8, 4) is 0 Å². The molecule has 2 rings (SSSR count). The minimum Gasteiger partial charge on any atom is -0.388 e. The molecule has 0 aliphatic carbocycles. The third-order valence-electron chi connectivity index (χ3n) is 3.50. The van der Waals surface area contributed by atoms with Crippen molar-refractivity contribution in [1.82, 2.24) is 0 Å². The van der Waals surface area contributed by atoms with Crippen LogP contribution in [0.1, 0.15) is 56.3 Å². The summed E-state index contributed by atoms with van der Waals surface area (Å²) in [5.74, 6) is 0.541. The molecule has 1 aromatic carbocycles. The number of hydrogen-bond donors (Lipinski definition) is 1. The van der Waals surface area contributed by atoms with Gasteiger partial charge >= 0.3 is 0 Å². The largest absolute Gasteiger partial charge is 0.388 e. The zero-order valence-corrected chi connectivity index (χ0v) is 10.7. The number of benzene rings is 1. The third-order valence-corrected chi connectivity index (χ3v) is 3.50. The van der Waals surface area contributed by atoms with E-state index >= 15 is 0 Å². The van der Waals surface area contributed by atoms with Crippen LogP contribution in [-0.2, 0) is 4.74 Å². The van der Waals surface area contributed by atoms with Gasteiger partial charge in [-0.2, -0.15) is 0 Å². The summed E-state index contributed by atoms with van der Waals surface area (Å²) in [7, 11) is 0. The second kappa shape index (κ2) is 5.65. The Bertz CT molecular complexity index is 336. The van der Waals surface area contributed by atoms with Crippen molar-refractivity contribution >= 4 is 0 Å². The van der Waals surface area contributed by atoms with Gasteiger partial charge in [0.15, 0.2) is 0 Å². The zero-order valence-electron chi connectivity index (χ0n) is 10.7. The van der Waals surface area contributed by atoms with Crippen molar-refractivity contribution < 1.29 is 9.84 Å². The fourth-order valence-corrected chi connectivity index (χ4v) is 2.32. The minimum atomic E-state index is -0.390. The molecule has 2 heteroatoms. The molecule has 0 spiro atoms. The van der Waals surface area contributed by atoms with E-state index in [9.17, 15) is 5.11 Å². The molecule has 1 aliphatic rings. The molecule has 17 heavy (non-hydrogen) atoms. The Morgan fingerprint density at radius 2 is 1.88 bits per heavy atom. The Labute approximate surface area is 104 Å². The summed E-state index contributed by atoms with van der Waals surface area (Å²) in [6.45, 7) is 5.21. The van der Waals surface area contributed by atoms with Crippen molar-refractivity contribution in [2.24, 2.45) is 0 Å². The first-order valence-corrected chi connectivity index (χ1v) is 6.56. The lowest BCUT2D eigenvalue weighted by Crippen LogP contribution is -2.11. The molecule has 1 saturated heterocycles. The molecule has 1 fully saturated rings. The minimum absolute atomic E-state index is 0.245. The van der Waals surface area contributed by atoms with Crippen molar-refractivity contribution in [3.63, 3.8) is 0 Å². The maximum atomic E-state index is 10.1. The Morgan fingerprint density at radius 3 is 2.41 bits per heavy atom. The lowest BCUT2D eigenvalue weighted by atomic mass is 9.97. The topological polar surface area (TPSA) is 29.5 Å². The maximum Gasteiger partial charge on any atom is 0.0814 e. The van der Waals surface area contributed by atoms with Gasteiger partial charge in [0, 0.05) is 13.0 Å². The van der Waals surface area contributed by atoms with Gasteiger partial charge < -0.3 is 9.84 Å². The van der Waals surface area contributed by atoms with Crippen LogP contribution >= 0.6 is 0 Å². The summed E-state index contributed by atoms with van der Waals surface area (Å²) in [6, 6.07) is 8.29. The van der Waals surface area contributed by atoms with E-state index in [1.807, 2.05) is 12.1 Å². The number of ether oxygens (including phenoxy) is 1. The van der Waals surface area contributed by atoms with E-state index in [1.54, 1.807) is 0 Å². The summed E-state index contributed by atoms with van der Waals surface area (Å²) < 4.78 is 5.55. The molecule has 2 nitrogen and oxygen atoms in total. The summed E-state index contributed by atoms with van der Waals surface area (Å²) in [5.41, 5.74) is 2.32. The summed E-state index contributed by atoms with van der Waals surface area (Å²) in [6.07, 6.45) is 2.79. The average molecular weight is 234 g/mol. The first-order chi connectivity index (χ1) is 8.16. The maximum absolute atomic E-state index is 10.1. The first-order valence-electron chi connectivity index (χ1n) is 6.56. The Balaban J connectivity index is 1.96. The van der Waals surface area contributed by atoms with Crippen LogP contribution in [0.3, 0.4) is 0 Å². The lowest BCUT2D eigenvalue weighted by Gasteiger charge is -2.16. The van der Waals surface area contributed by atoms with Crippen molar-refractivity contribution in [2.75, 3.05) is 6.61 Å². The van der Waals surface area contributed by atoms with Crippen LogP contribution in [0.2, 0.25) is 0 Å². The summed E-state index contributed by atoms with van der Waals surface area (Å²) in [5, 5.41) is 10.1. The third kappa shape index (κ3) is 3.30. The van der Waals surface area contributed by atoms with Gasteiger partial charge in [-0.15, -0.1) is 0 Å². The molecule has 1 heterocycles. The molecule has 2 atom stereocenters. The van der Waals surface area contributed by atoms with Crippen LogP contribution < -0.4 is 0 Å². The van der Waals surface area contributed by atoms with Crippen LogP contribution in [-0.4, -0.2) is 17.8 Å². The second-order valence-electron chi connectivity index (χ2n) is 5.21. The van der Waals surface area contributed by atoms with Gasteiger partial charge in [0.1, 0.15) is 0 Å². The normalized spacial score (nSPS) is 22.0. The van der Waals surface area contributed by atoms with Gasteiger partial charge in [0.05, 0.1) is 12.2 Å². The van der Waals surface area contributed by atoms with Crippen molar-refractivity contribution in [3.05, 3.63) is 35.4 Å². The number of aliphatic hydroxyl groups excluding tert-OH is 1. The summed E-state index contributed by atoms with van der Waals surface area (Å²) >= 11 is 0. The second-order valence-corrected chi connectivity index (χ2v) is 5.21. The van der Waals surface area contributed by atoms with E-state index in [0.29, 0.717) is 5.92 Å². The SMILES string of the molecule is CC(C)c1ccc(C(O)CC2CCCO2)cc1. The molecule has 0 bridgehead atoms. The molecule has 1 N–H and O–H groups in total. The van der Waals surface area contributed by atoms with Crippen LogP contribution in [0.15, 0.2) is 24.3 Å². The van der Waals surface area contributed by atoms with Gasteiger partial charge in [-0.25, -0.2) is 0 Å². The molecule has 0 aromatic heterocycles. The molecule has 0 saturated carbocycles. The fraction of sp³-hybridized carbons (Fsp3) is 0.600. The fourth-order valence-electron chi connectivity index (χ4n) is 2.32. The van der Waals surface area contributed by atoms with E-state index in [0.717, 1.165) is 31.4 Å². The monoisotopic (exact) mass is 234 g/mol. The molecular weight excluding hydrogens is 212 g/mol. The van der Waals surface area contributed by atoms with Gasteiger partial charge in [-0.1, -0.05) is 38.1 Å². The first kappa shape index (κ1) is 12.6. The molecule has 2 unspecified atom stereocenters. The van der Waals surface area contributed by atoms with Crippen LogP contribution in [0.5, 0.6) is 0 Å². The average Bonchev–Trinajstić information content (AvgIpc) is 2.82. The Kier molecular flexibility index (Phi) is 4.19.